The lowest BCUT2D eigenvalue weighted by atomic mass is 10.1. The maximum Gasteiger partial charge on any atom is 0.328 e. The summed E-state index contributed by atoms with van der Waals surface area (Å²) in [6, 6.07) is 9.59. The number of rotatable bonds is 6. The van der Waals surface area contributed by atoms with E-state index in [2.05, 4.69) is 9.98 Å². The van der Waals surface area contributed by atoms with Crippen LogP contribution in [0, 0.1) is 17.2 Å². The highest BCUT2D eigenvalue weighted by Gasteiger charge is 2.16. The predicted molar refractivity (Wildman–Crippen MR) is 86.2 cm³/mol. The van der Waals surface area contributed by atoms with Gasteiger partial charge in [0.05, 0.1) is 25.0 Å². The molecule has 23 heavy (non-hydrogen) atoms. The van der Waals surface area contributed by atoms with Crippen molar-refractivity contribution >= 4 is 12.2 Å². The van der Waals surface area contributed by atoms with E-state index < -0.39 is 11.9 Å². The molecule has 1 aromatic carbocycles. The third kappa shape index (κ3) is 4.27. The van der Waals surface area contributed by atoms with Crippen LogP contribution in [0.15, 0.2) is 48.0 Å². The van der Waals surface area contributed by atoms with Gasteiger partial charge in [-0.1, -0.05) is 12.1 Å². The maximum atomic E-state index is 11.6. The lowest BCUT2D eigenvalue weighted by Gasteiger charge is -2.09. The Bertz CT molecular complexity index is 699. The van der Waals surface area contributed by atoms with E-state index in [1.807, 2.05) is 48.0 Å². The molecule has 0 bridgehead atoms. The average Bonchev–Trinajstić information content (AvgIpc) is 3.10. The minimum Gasteiger partial charge on any atom is -0.465 e. The quantitative estimate of drug-likeness (QED) is 0.607. The van der Waals surface area contributed by atoms with E-state index in [4.69, 9.17) is 10.00 Å². The van der Waals surface area contributed by atoms with Gasteiger partial charge >= 0.3 is 5.97 Å². The van der Waals surface area contributed by atoms with E-state index >= 15 is 0 Å². The van der Waals surface area contributed by atoms with Crippen LogP contribution in [0.3, 0.4) is 0 Å². The number of hydrogen-bond donors (Lipinski definition) is 0. The minimum absolute atomic E-state index is 0.155. The summed E-state index contributed by atoms with van der Waals surface area (Å²) in [4.78, 5) is 19.9. The Morgan fingerprint density at radius 3 is 2.78 bits per heavy atom. The largest absolute Gasteiger partial charge is 0.465 e. The molecule has 0 saturated carbocycles. The molecule has 0 aliphatic rings. The van der Waals surface area contributed by atoms with Gasteiger partial charge in [-0.25, -0.2) is 4.98 Å². The molecule has 1 aromatic heterocycles. The fourth-order valence-electron chi connectivity index (χ4n) is 2.02. The summed E-state index contributed by atoms with van der Waals surface area (Å²) in [6.45, 7) is 3.85. The summed E-state index contributed by atoms with van der Waals surface area (Å²) < 4.78 is 6.74. The molecule has 0 saturated heterocycles. The Labute approximate surface area is 135 Å². The van der Waals surface area contributed by atoms with Gasteiger partial charge in [-0.05, 0) is 31.5 Å². The van der Waals surface area contributed by atoms with Gasteiger partial charge in [-0.15, -0.1) is 0 Å². The van der Waals surface area contributed by atoms with Gasteiger partial charge in [0.1, 0.15) is 0 Å². The third-order valence-electron chi connectivity index (χ3n) is 3.32. The van der Waals surface area contributed by atoms with Crippen LogP contribution < -0.4 is 0 Å². The van der Waals surface area contributed by atoms with Crippen molar-refractivity contribution in [2.45, 2.75) is 19.9 Å². The van der Waals surface area contributed by atoms with E-state index in [1.54, 1.807) is 19.4 Å². The number of nitriles is 1. The van der Waals surface area contributed by atoms with E-state index in [1.165, 1.54) is 6.21 Å². The predicted octanol–water partition coefficient (Wildman–Crippen LogP) is 2.71. The van der Waals surface area contributed by atoms with Crippen molar-refractivity contribution in [2.75, 3.05) is 6.61 Å². The summed E-state index contributed by atoms with van der Waals surface area (Å²) in [5, 5.41) is 9.00. The molecule has 0 spiro atoms. The maximum absolute atomic E-state index is 11.6. The first kappa shape index (κ1) is 16.4. The second-order valence-electron chi connectivity index (χ2n) is 4.89. The molecule has 0 aliphatic heterocycles. The normalized spacial score (nSPS) is 13.4. The van der Waals surface area contributed by atoms with Gasteiger partial charge in [0.2, 0.25) is 0 Å². The van der Waals surface area contributed by atoms with Crippen molar-refractivity contribution in [1.82, 2.24) is 9.55 Å². The van der Waals surface area contributed by atoms with Crippen molar-refractivity contribution in [3.05, 3.63) is 48.5 Å². The average molecular weight is 310 g/mol. The summed E-state index contributed by atoms with van der Waals surface area (Å²) in [5.41, 5.74) is 1.99. The van der Waals surface area contributed by atoms with Gasteiger partial charge in [0.25, 0.3) is 0 Å². The zero-order valence-electron chi connectivity index (χ0n) is 13.1. The number of nitrogens with zero attached hydrogens (tertiary/aromatic N) is 4. The molecule has 2 atom stereocenters. The van der Waals surface area contributed by atoms with Crippen LogP contribution >= 0.6 is 0 Å². The van der Waals surface area contributed by atoms with Crippen molar-refractivity contribution in [3.8, 4) is 11.8 Å². The molecule has 6 heteroatoms. The number of benzene rings is 1. The number of hydrogen-bond acceptors (Lipinski definition) is 5. The molecule has 0 unspecified atom stereocenters. The molecular formula is C17H18N4O2. The van der Waals surface area contributed by atoms with Crippen LogP contribution in [0.25, 0.3) is 5.69 Å². The van der Waals surface area contributed by atoms with Crippen molar-refractivity contribution < 1.29 is 9.53 Å². The van der Waals surface area contributed by atoms with Crippen LogP contribution in [0.2, 0.25) is 0 Å². The van der Waals surface area contributed by atoms with Crippen LogP contribution in [0.1, 0.15) is 25.5 Å². The van der Waals surface area contributed by atoms with Crippen LogP contribution in [0.4, 0.5) is 0 Å². The summed E-state index contributed by atoms with van der Waals surface area (Å²) in [6.07, 6.45) is 6.67. The third-order valence-corrected chi connectivity index (χ3v) is 3.32. The number of carbonyl (C=O) groups is 1. The molecular weight excluding hydrogens is 292 g/mol. The van der Waals surface area contributed by atoms with Crippen LogP contribution in [0.5, 0.6) is 0 Å². The lowest BCUT2D eigenvalue weighted by molar-refractivity contribution is -0.143. The molecule has 0 N–H and O–H groups in total. The molecule has 0 fully saturated rings. The highest BCUT2D eigenvalue weighted by molar-refractivity contribution is 5.92. The molecule has 6 nitrogen and oxygen atoms in total. The van der Waals surface area contributed by atoms with Crippen LogP contribution in [-0.4, -0.2) is 28.3 Å². The SMILES string of the molecule is CCOC(=O)[C@@H](C#N)C=N[C@@H](C)c1ccc(-n2ccnc2)cc1. The molecule has 0 aliphatic carbocycles. The topological polar surface area (TPSA) is 80.3 Å². The van der Waals surface area contributed by atoms with Gasteiger partial charge in [0.15, 0.2) is 5.92 Å². The molecule has 1 heterocycles. The van der Waals surface area contributed by atoms with Crippen molar-refractivity contribution in [3.63, 3.8) is 0 Å². The number of carbonyl (C=O) groups excluding carboxylic acids is 1. The fourth-order valence-corrected chi connectivity index (χ4v) is 2.02. The minimum atomic E-state index is -0.970. The van der Waals surface area contributed by atoms with Crippen molar-refractivity contribution in [2.24, 2.45) is 10.9 Å². The van der Waals surface area contributed by atoms with Gasteiger partial charge in [-0.3, -0.25) is 9.79 Å². The smallest absolute Gasteiger partial charge is 0.328 e. The molecule has 2 rings (SSSR count). The number of aromatic nitrogens is 2. The number of esters is 1. The van der Waals surface area contributed by atoms with E-state index in [9.17, 15) is 4.79 Å². The summed E-state index contributed by atoms with van der Waals surface area (Å²) in [5.74, 6) is -1.54. The van der Waals surface area contributed by atoms with E-state index in [0.29, 0.717) is 0 Å². The first-order valence-electron chi connectivity index (χ1n) is 7.33. The standard InChI is InChI=1S/C17H18N4O2/c1-3-23-17(22)15(10-18)11-20-13(2)14-4-6-16(7-5-14)21-9-8-19-12-21/h4-9,11-13,15H,3H2,1-2H3/t13-,15-/m0/s1. The molecule has 0 radical (unpaired) electrons. The zero-order valence-corrected chi connectivity index (χ0v) is 13.1. The summed E-state index contributed by atoms with van der Waals surface area (Å²) >= 11 is 0. The lowest BCUT2D eigenvalue weighted by Crippen LogP contribution is -2.17. The first-order valence-corrected chi connectivity index (χ1v) is 7.33. The van der Waals surface area contributed by atoms with Crippen molar-refractivity contribution in [1.29, 1.82) is 5.26 Å². The number of aliphatic imine (C=N–C) groups is 1. The van der Waals surface area contributed by atoms with E-state index in [-0.39, 0.29) is 12.6 Å². The Kier molecular flexibility index (Phi) is 5.64. The van der Waals surface area contributed by atoms with Gasteiger partial charge in [0, 0.05) is 24.3 Å². The zero-order chi connectivity index (χ0) is 16.7. The second-order valence-corrected chi connectivity index (χ2v) is 4.89. The highest BCUT2D eigenvalue weighted by atomic mass is 16.5. The molecule has 2 aromatic rings. The fraction of sp³-hybridized carbons (Fsp3) is 0.294. The van der Waals surface area contributed by atoms with E-state index in [0.717, 1.165) is 11.3 Å². The number of ether oxygens (including phenoxy) is 1. The molecule has 118 valence electrons. The molecule has 0 amide bonds. The Hall–Kier alpha value is -2.94. The van der Waals surface area contributed by atoms with Crippen LogP contribution in [-0.2, 0) is 9.53 Å². The summed E-state index contributed by atoms with van der Waals surface area (Å²) in [7, 11) is 0. The first-order chi connectivity index (χ1) is 11.2. The number of imidazole rings is 1. The monoisotopic (exact) mass is 310 g/mol. The Morgan fingerprint density at radius 2 is 2.22 bits per heavy atom. The van der Waals surface area contributed by atoms with Gasteiger partial charge in [-0.2, -0.15) is 5.26 Å². The Morgan fingerprint density at radius 1 is 1.48 bits per heavy atom. The Balaban J connectivity index is 2.05. The highest BCUT2D eigenvalue weighted by Crippen LogP contribution is 2.18. The van der Waals surface area contributed by atoms with Gasteiger partial charge < -0.3 is 9.30 Å². The second kappa shape index (κ2) is 7.90.